The van der Waals surface area contributed by atoms with Gasteiger partial charge in [0.25, 0.3) is 11.8 Å². The van der Waals surface area contributed by atoms with E-state index in [1.54, 1.807) is 37.4 Å². The van der Waals surface area contributed by atoms with Crippen LogP contribution < -0.4 is 10.6 Å². The summed E-state index contributed by atoms with van der Waals surface area (Å²) in [6, 6.07) is 8.20. The Kier molecular flexibility index (Phi) is 6.30. The van der Waals surface area contributed by atoms with E-state index in [0.29, 0.717) is 16.1 Å². The van der Waals surface area contributed by atoms with E-state index in [4.69, 9.17) is 4.74 Å². The molecule has 0 spiro atoms. The van der Waals surface area contributed by atoms with Gasteiger partial charge < -0.3 is 15.4 Å². The van der Waals surface area contributed by atoms with Crippen molar-refractivity contribution in [2.24, 2.45) is 0 Å². The third-order valence-corrected chi connectivity index (χ3v) is 4.90. The minimum atomic E-state index is -0.502. The lowest BCUT2D eigenvalue weighted by Crippen LogP contribution is -2.21. The van der Waals surface area contributed by atoms with Crippen LogP contribution >= 0.6 is 11.3 Å². The molecule has 132 valence electrons. The van der Waals surface area contributed by atoms with Crippen molar-refractivity contribution in [1.82, 2.24) is 5.32 Å². The highest BCUT2D eigenvalue weighted by Gasteiger charge is 2.15. The Morgan fingerprint density at radius 2 is 1.84 bits per heavy atom. The van der Waals surface area contributed by atoms with Crippen LogP contribution in [0.2, 0.25) is 0 Å². The van der Waals surface area contributed by atoms with Crippen LogP contribution in [-0.2, 0) is 16.0 Å². The smallest absolute Gasteiger partial charge is 0.348 e. The molecule has 0 bridgehead atoms. The van der Waals surface area contributed by atoms with E-state index in [1.165, 1.54) is 11.3 Å². The van der Waals surface area contributed by atoms with Gasteiger partial charge in [-0.05, 0) is 49.2 Å². The molecule has 0 saturated heterocycles. The number of benzene rings is 1. The van der Waals surface area contributed by atoms with Crippen LogP contribution in [0.3, 0.4) is 0 Å². The lowest BCUT2D eigenvalue weighted by molar-refractivity contribution is -0.119. The van der Waals surface area contributed by atoms with Gasteiger partial charge in [-0.1, -0.05) is 6.92 Å². The average Bonchev–Trinajstić information content (AvgIpc) is 3.00. The lowest BCUT2D eigenvalue weighted by atomic mass is 10.2. The molecule has 0 radical (unpaired) electrons. The third kappa shape index (κ3) is 4.90. The van der Waals surface area contributed by atoms with Crippen LogP contribution in [0.25, 0.3) is 0 Å². The fourth-order valence-electron chi connectivity index (χ4n) is 2.22. The molecular formula is C18H20N2O4S. The van der Waals surface area contributed by atoms with Gasteiger partial charge in [0.15, 0.2) is 6.61 Å². The molecular weight excluding hydrogens is 340 g/mol. The maximum Gasteiger partial charge on any atom is 0.348 e. The van der Waals surface area contributed by atoms with Crippen molar-refractivity contribution < 1.29 is 19.1 Å². The summed E-state index contributed by atoms with van der Waals surface area (Å²) in [7, 11) is 1.55. The fraction of sp³-hybridized carbons (Fsp3) is 0.278. The fourth-order valence-corrected chi connectivity index (χ4v) is 3.23. The predicted molar refractivity (Wildman–Crippen MR) is 97.2 cm³/mol. The molecule has 0 atom stereocenters. The minimum Gasteiger partial charge on any atom is -0.451 e. The number of nitrogens with one attached hydrogen (secondary N) is 2. The van der Waals surface area contributed by atoms with E-state index in [1.807, 2.05) is 13.8 Å². The number of ether oxygens (including phenoxy) is 1. The third-order valence-electron chi connectivity index (χ3n) is 3.54. The molecule has 2 N–H and O–H groups in total. The Morgan fingerprint density at radius 1 is 1.16 bits per heavy atom. The second kappa shape index (κ2) is 8.43. The van der Waals surface area contributed by atoms with Crippen LogP contribution in [0.15, 0.2) is 30.3 Å². The molecule has 2 amide bonds. The summed E-state index contributed by atoms with van der Waals surface area (Å²) in [6.45, 7) is 3.60. The minimum absolute atomic E-state index is 0.204. The van der Waals surface area contributed by atoms with Gasteiger partial charge in [-0.2, -0.15) is 0 Å². The molecule has 1 aromatic carbocycles. The number of aryl methyl sites for hydroxylation is 2. The highest BCUT2D eigenvalue weighted by molar-refractivity contribution is 7.14. The summed E-state index contributed by atoms with van der Waals surface area (Å²) in [5, 5.41) is 5.13. The normalized spacial score (nSPS) is 10.2. The zero-order valence-corrected chi connectivity index (χ0v) is 15.2. The topological polar surface area (TPSA) is 84.5 Å². The highest BCUT2D eigenvalue weighted by atomic mass is 32.1. The molecule has 0 aliphatic heterocycles. The summed E-state index contributed by atoms with van der Waals surface area (Å²) in [6.07, 6.45) is 0.857. The van der Waals surface area contributed by atoms with E-state index < -0.39 is 11.9 Å². The summed E-state index contributed by atoms with van der Waals surface area (Å²) in [5.74, 6) is -1.15. The number of hydrogen-bond acceptors (Lipinski definition) is 5. The standard InChI is InChI=1S/C18H20N2O4S/c1-4-14-11(2)9-15(25-14)18(23)24-10-16(21)20-13-7-5-12(6-8-13)17(22)19-3/h5-9H,4,10H2,1-3H3,(H,19,22)(H,20,21). The van der Waals surface area contributed by atoms with E-state index in [9.17, 15) is 14.4 Å². The van der Waals surface area contributed by atoms with E-state index in [-0.39, 0.29) is 12.5 Å². The van der Waals surface area contributed by atoms with Crippen molar-refractivity contribution in [3.8, 4) is 0 Å². The SMILES string of the molecule is CCc1sc(C(=O)OCC(=O)Nc2ccc(C(=O)NC)cc2)cc1C. The van der Waals surface area contributed by atoms with Gasteiger partial charge in [0.05, 0.1) is 0 Å². The van der Waals surface area contributed by atoms with Crippen molar-refractivity contribution >= 4 is 34.8 Å². The first-order valence-corrected chi connectivity index (χ1v) is 8.64. The molecule has 0 fully saturated rings. The number of rotatable bonds is 6. The molecule has 6 nitrogen and oxygen atoms in total. The zero-order chi connectivity index (χ0) is 18.4. The predicted octanol–water partition coefficient (Wildman–Crippen LogP) is 2.77. The van der Waals surface area contributed by atoms with Crippen LogP contribution in [-0.4, -0.2) is 31.4 Å². The molecule has 1 aromatic heterocycles. The number of amides is 2. The van der Waals surface area contributed by atoms with Crippen LogP contribution in [0.4, 0.5) is 5.69 Å². The van der Waals surface area contributed by atoms with Crippen LogP contribution in [0.1, 0.15) is 37.4 Å². The van der Waals surface area contributed by atoms with Gasteiger partial charge in [-0.15, -0.1) is 11.3 Å². The number of esters is 1. The number of hydrogen-bond donors (Lipinski definition) is 2. The van der Waals surface area contributed by atoms with Crippen molar-refractivity contribution in [3.05, 3.63) is 51.2 Å². The van der Waals surface area contributed by atoms with Crippen LogP contribution in [0, 0.1) is 6.92 Å². The van der Waals surface area contributed by atoms with E-state index >= 15 is 0 Å². The molecule has 0 aliphatic rings. The van der Waals surface area contributed by atoms with Crippen molar-refractivity contribution in [1.29, 1.82) is 0 Å². The summed E-state index contributed by atoms with van der Waals surface area (Å²) >= 11 is 1.39. The molecule has 7 heteroatoms. The van der Waals surface area contributed by atoms with Crippen LogP contribution in [0.5, 0.6) is 0 Å². The Hall–Kier alpha value is -2.67. The number of anilines is 1. The number of carbonyl (C=O) groups excluding carboxylic acids is 3. The monoisotopic (exact) mass is 360 g/mol. The first-order chi connectivity index (χ1) is 11.9. The van der Waals surface area contributed by atoms with Gasteiger partial charge in [0, 0.05) is 23.2 Å². The Balaban J connectivity index is 1.87. The number of carbonyl (C=O) groups is 3. The molecule has 25 heavy (non-hydrogen) atoms. The summed E-state index contributed by atoms with van der Waals surface area (Å²) in [5.41, 5.74) is 2.07. The van der Waals surface area contributed by atoms with Gasteiger partial charge >= 0.3 is 5.97 Å². The van der Waals surface area contributed by atoms with Crippen molar-refractivity contribution in [2.75, 3.05) is 19.0 Å². The van der Waals surface area contributed by atoms with E-state index in [2.05, 4.69) is 10.6 Å². The molecule has 0 aliphatic carbocycles. The zero-order valence-electron chi connectivity index (χ0n) is 14.3. The van der Waals surface area contributed by atoms with Crippen molar-refractivity contribution in [3.63, 3.8) is 0 Å². The average molecular weight is 360 g/mol. The quantitative estimate of drug-likeness (QED) is 0.776. The second-order valence-electron chi connectivity index (χ2n) is 5.35. The maximum absolute atomic E-state index is 12.0. The Bertz CT molecular complexity index is 781. The second-order valence-corrected chi connectivity index (χ2v) is 6.49. The first-order valence-electron chi connectivity index (χ1n) is 7.83. The molecule has 0 saturated carbocycles. The van der Waals surface area contributed by atoms with Gasteiger partial charge in [0.1, 0.15) is 4.88 Å². The van der Waals surface area contributed by atoms with E-state index in [0.717, 1.165) is 16.9 Å². The number of thiophene rings is 1. The lowest BCUT2D eigenvalue weighted by Gasteiger charge is -2.07. The summed E-state index contributed by atoms with van der Waals surface area (Å²) < 4.78 is 5.05. The largest absolute Gasteiger partial charge is 0.451 e. The Labute approximate surface area is 150 Å². The molecule has 0 unspecified atom stereocenters. The highest BCUT2D eigenvalue weighted by Crippen LogP contribution is 2.23. The molecule has 2 rings (SSSR count). The molecule has 2 aromatic rings. The first kappa shape index (κ1) is 18.7. The Morgan fingerprint density at radius 3 is 2.40 bits per heavy atom. The molecule has 1 heterocycles. The summed E-state index contributed by atoms with van der Waals surface area (Å²) in [4.78, 5) is 37.0. The van der Waals surface area contributed by atoms with Crippen molar-refractivity contribution in [2.45, 2.75) is 20.3 Å². The van der Waals surface area contributed by atoms with Gasteiger partial charge in [0.2, 0.25) is 0 Å². The maximum atomic E-state index is 12.0. The van der Waals surface area contributed by atoms with Gasteiger partial charge in [-0.25, -0.2) is 4.79 Å². The van der Waals surface area contributed by atoms with Gasteiger partial charge in [-0.3, -0.25) is 9.59 Å².